The first-order valence-corrected chi connectivity index (χ1v) is 12.6. The lowest BCUT2D eigenvalue weighted by atomic mass is 9.94. The van der Waals surface area contributed by atoms with Crippen LogP contribution in [0.15, 0.2) is 24.3 Å². The van der Waals surface area contributed by atoms with Gasteiger partial charge in [-0.3, -0.25) is 14.4 Å². The van der Waals surface area contributed by atoms with Crippen molar-refractivity contribution in [3.05, 3.63) is 34.8 Å². The van der Waals surface area contributed by atoms with Gasteiger partial charge in [-0.25, -0.2) is 0 Å². The number of carbonyl (C=O) groups excluding carboxylic acids is 3. The van der Waals surface area contributed by atoms with Crippen molar-refractivity contribution in [2.24, 2.45) is 5.92 Å². The number of hydrogen-bond donors (Lipinski definition) is 1. The summed E-state index contributed by atoms with van der Waals surface area (Å²) in [5.74, 6) is -0.416. The molecule has 2 saturated heterocycles. The van der Waals surface area contributed by atoms with Crippen LogP contribution in [0.2, 0.25) is 0 Å². The molecule has 2 unspecified atom stereocenters. The number of likely N-dealkylation sites (tertiary alicyclic amines) is 1. The molecule has 9 heteroatoms. The molecule has 174 valence electrons. The minimum absolute atomic E-state index is 0.0454. The first-order valence-electron chi connectivity index (χ1n) is 11.8. The lowest BCUT2D eigenvalue weighted by Crippen LogP contribution is -2.38. The zero-order chi connectivity index (χ0) is 22.9. The number of rotatable bonds is 5. The summed E-state index contributed by atoms with van der Waals surface area (Å²) in [5, 5.41) is 12.4. The van der Waals surface area contributed by atoms with E-state index in [1.165, 1.54) is 17.8 Å². The van der Waals surface area contributed by atoms with Crippen LogP contribution in [0.5, 0.6) is 0 Å². The van der Waals surface area contributed by atoms with Gasteiger partial charge in [0.25, 0.3) is 0 Å². The molecule has 33 heavy (non-hydrogen) atoms. The van der Waals surface area contributed by atoms with Gasteiger partial charge in [-0.15, -0.1) is 10.2 Å². The van der Waals surface area contributed by atoms with Crippen molar-refractivity contribution < 1.29 is 14.4 Å². The van der Waals surface area contributed by atoms with Gasteiger partial charge >= 0.3 is 0 Å². The molecule has 0 bridgehead atoms. The number of nitrogens with zero attached hydrogens (tertiary/aromatic N) is 4. The van der Waals surface area contributed by atoms with Crippen LogP contribution in [0.1, 0.15) is 61.4 Å². The lowest BCUT2D eigenvalue weighted by molar-refractivity contribution is -0.130. The number of amides is 3. The molecule has 2 atom stereocenters. The summed E-state index contributed by atoms with van der Waals surface area (Å²) < 4.78 is 0. The summed E-state index contributed by atoms with van der Waals surface area (Å²) in [6.45, 7) is 3.05. The molecule has 1 aromatic carbocycles. The third kappa shape index (κ3) is 4.64. The minimum Gasteiger partial charge on any atom is -0.339 e. The SMILES string of the molecule is Cc1cccc(N2CC(c3nnc(NC(=O)C4CC(=O)N(C5CCCCC5)C4)s3)CC2=O)c1. The van der Waals surface area contributed by atoms with Gasteiger partial charge in [0.1, 0.15) is 5.01 Å². The summed E-state index contributed by atoms with van der Waals surface area (Å²) in [5.41, 5.74) is 2.01. The normalized spacial score (nSPS) is 24.0. The fraction of sp³-hybridized carbons (Fsp3) is 0.542. The summed E-state index contributed by atoms with van der Waals surface area (Å²) in [6.07, 6.45) is 6.27. The predicted molar refractivity (Wildman–Crippen MR) is 126 cm³/mol. The maximum atomic E-state index is 12.8. The van der Waals surface area contributed by atoms with Crippen LogP contribution in [0.4, 0.5) is 10.8 Å². The monoisotopic (exact) mass is 467 g/mol. The minimum atomic E-state index is -0.350. The number of carbonyl (C=O) groups is 3. The van der Waals surface area contributed by atoms with Crippen molar-refractivity contribution in [1.29, 1.82) is 0 Å². The van der Waals surface area contributed by atoms with Gasteiger partial charge < -0.3 is 15.1 Å². The first-order chi connectivity index (χ1) is 16.0. The largest absolute Gasteiger partial charge is 0.339 e. The van der Waals surface area contributed by atoms with Crippen molar-refractivity contribution in [1.82, 2.24) is 15.1 Å². The van der Waals surface area contributed by atoms with E-state index in [2.05, 4.69) is 15.5 Å². The van der Waals surface area contributed by atoms with Crippen molar-refractivity contribution >= 4 is 39.9 Å². The smallest absolute Gasteiger partial charge is 0.231 e. The molecule has 1 aromatic heterocycles. The Morgan fingerprint density at radius 2 is 1.88 bits per heavy atom. The van der Waals surface area contributed by atoms with E-state index in [4.69, 9.17) is 0 Å². The summed E-state index contributed by atoms with van der Waals surface area (Å²) in [6, 6.07) is 8.19. The average molecular weight is 468 g/mol. The second kappa shape index (κ2) is 9.21. The van der Waals surface area contributed by atoms with Gasteiger partial charge in [-0.1, -0.05) is 42.7 Å². The van der Waals surface area contributed by atoms with Crippen LogP contribution in [-0.2, 0) is 14.4 Å². The van der Waals surface area contributed by atoms with Gasteiger partial charge in [0.2, 0.25) is 22.9 Å². The molecular weight excluding hydrogens is 438 g/mol. The van der Waals surface area contributed by atoms with E-state index in [0.717, 1.165) is 41.9 Å². The maximum absolute atomic E-state index is 12.8. The number of aromatic nitrogens is 2. The van der Waals surface area contributed by atoms with Crippen molar-refractivity contribution in [2.45, 2.75) is 63.8 Å². The molecule has 1 saturated carbocycles. The predicted octanol–water partition coefficient (Wildman–Crippen LogP) is 3.49. The van der Waals surface area contributed by atoms with Crippen LogP contribution in [-0.4, -0.2) is 52.0 Å². The number of nitrogens with one attached hydrogen (secondary N) is 1. The van der Waals surface area contributed by atoms with Crippen molar-refractivity contribution in [3.8, 4) is 0 Å². The lowest BCUT2D eigenvalue weighted by Gasteiger charge is -2.31. The second-order valence-corrected chi connectivity index (χ2v) is 10.4. The molecular formula is C24H29N5O3S. The van der Waals surface area contributed by atoms with Gasteiger partial charge in [0.15, 0.2) is 0 Å². The quantitative estimate of drug-likeness (QED) is 0.726. The van der Waals surface area contributed by atoms with E-state index < -0.39 is 0 Å². The Bertz CT molecular complexity index is 1060. The molecule has 3 fully saturated rings. The Morgan fingerprint density at radius 3 is 2.67 bits per heavy atom. The summed E-state index contributed by atoms with van der Waals surface area (Å²) in [4.78, 5) is 41.6. The van der Waals surface area contributed by atoms with Crippen LogP contribution in [0, 0.1) is 12.8 Å². The van der Waals surface area contributed by atoms with E-state index in [1.54, 1.807) is 4.90 Å². The van der Waals surface area contributed by atoms with Crippen LogP contribution >= 0.6 is 11.3 Å². The zero-order valence-electron chi connectivity index (χ0n) is 18.8. The van der Waals surface area contributed by atoms with Crippen LogP contribution < -0.4 is 10.2 Å². The third-order valence-corrected chi connectivity index (χ3v) is 8.00. The number of hydrogen-bond acceptors (Lipinski definition) is 6. The van der Waals surface area contributed by atoms with Crippen LogP contribution in [0.3, 0.4) is 0 Å². The van der Waals surface area contributed by atoms with E-state index in [1.807, 2.05) is 36.1 Å². The Kier molecular flexibility index (Phi) is 6.14. The summed E-state index contributed by atoms with van der Waals surface area (Å²) >= 11 is 1.32. The molecule has 2 aliphatic heterocycles. The highest BCUT2D eigenvalue weighted by Crippen LogP contribution is 2.35. The Labute approximate surface area is 197 Å². The molecule has 0 radical (unpaired) electrons. The van der Waals surface area contributed by atoms with Crippen molar-refractivity contribution in [3.63, 3.8) is 0 Å². The third-order valence-electron chi connectivity index (χ3n) is 7.00. The molecule has 3 amide bonds. The van der Waals surface area contributed by atoms with Gasteiger partial charge in [0.05, 0.1) is 5.92 Å². The second-order valence-electron chi connectivity index (χ2n) is 9.42. The molecule has 3 aliphatic rings. The fourth-order valence-corrected chi connectivity index (χ4v) is 6.07. The Hall–Kier alpha value is -2.81. The Balaban J connectivity index is 1.19. The fourth-order valence-electron chi connectivity index (χ4n) is 5.23. The zero-order valence-corrected chi connectivity index (χ0v) is 19.6. The molecule has 5 rings (SSSR count). The number of benzene rings is 1. The maximum Gasteiger partial charge on any atom is 0.231 e. The number of aryl methyl sites for hydroxylation is 1. The highest BCUT2D eigenvalue weighted by atomic mass is 32.1. The van der Waals surface area contributed by atoms with Gasteiger partial charge in [0, 0.05) is 43.6 Å². The van der Waals surface area contributed by atoms with Gasteiger partial charge in [-0.2, -0.15) is 0 Å². The molecule has 0 spiro atoms. The standard InChI is InChI=1S/C24H29N5O3S/c1-15-6-5-9-19(10-15)29-14-17(12-21(29)31)23-26-27-24(33-23)25-22(32)16-11-20(30)28(13-16)18-7-3-2-4-8-18/h5-6,9-10,16-18H,2-4,7-8,11-14H2,1H3,(H,25,27,32). The highest BCUT2D eigenvalue weighted by molar-refractivity contribution is 7.15. The van der Waals surface area contributed by atoms with Crippen molar-refractivity contribution in [2.75, 3.05) is 23.3 Å². The summed E-state index contributed by atoms with van der Waals surface area (Å²) in [7, 11) is 0. The Morgan fingerprint density at radius 1 is 1.06 bits per heavy atom. The molecule has 2 aromatic rings. The van der Waals surface area contributed by atoms with E-state index >= 15 is 0 Å². The van der Waals surface area contributed by atoms with Gasteiger partial charge in [-0.05, 0) is 37.5 Å². The molecule has 1 aliphatic carbocycles. The van der Waals surface area contributed by atoms with Crippen LogP contribution in [0.25, 0.3) is 0 Å². The topological polar surface area (TPSA) is 95.5 Å². The number of anilines is 2. The average Bonchev–Trinajstić information content (AvgIpc) is 3.53. The molecule has 1 N–H and O–H groups in total. The first kappa shape index (κ1) is 22.0. The molecule has 3 heterocycles. The molecule has 8 nitrogen and oxygen atoms in total. The van der Waals surface area contributed by atoms with E-state index in [-0.39, 0.29) is 42.0 Å². The highest BCUT2D eigenvalue weighted by Gasteiger charge is 2.39. The van der Waals surface area contributed by atoms with E-state index in [9.17, 15) is 14.4 Å². The van der Waals surface area contributed by atoms with E-state index in [0.29, 0.717) is 24.6 Å².